The van der Waals surface area contributed by atoms with Crippen LogP contribution >= 0.6 is 15.9 Å². The molecule has 2 aromatic rings. The molecule has 0 fully saturated rings. The van der Waals surface area contributed by atoms with Crippen molar-refractivity contribution in [2.24, 2.45) is 0 Å². The van der Waals surface area contributed by atoms with Crippen LogP contribution in [0.2, 0.25) is 0 Å². The summed E-state index contributed by atoms with van der Waals surface area (Å²) < 4.78 is 51.6. The minimum atomic E-state index is -4.01. The monoisotopic (exact) mass is 403 g/mol. The third-order valence-corrected chi connectivity index (χ3v) is 5.42. The Balaban J connectivity index is 2.47. The molecule has 2 aromatic carbocycles. The van der Waals surface area contributed by atoms with Crippen LogP contribution in [0.1, 0.15) is 5.56 Å². The number of ether oxygens (including phenoxy) is 2. The zero-order chi connectivity index (χ0) is 17.2. The van der Waals surface area contributed by atoms with Gasteiger partial charge in [0.05, 0.1) is 19.9 Å². The van der Waals surface area contributed by atoms with Gasteiger partial charge in [-0.05, 0) is 46.6 Å². The highest BCUT2D eigenvalue weighted by molar-refractivity contribution is 9.10. The van der Waals surface area contributed by atoms with Crippen LogP contribution in [0.3, 0.4) is 0 Å². The maximum atomic E-state index is 13.9. The minimum Gasteiger partial charge on any atom is -0.493 e. The van der Waals surface area contributed by atoms with E-state index in [-0.39, 0.29) is 20.8 Å². The van der Waals surface area contributed by atoms with Gasteiger partial charge in [-0.25, -0.2) is 12.8 Å². The lowest BCUT2D eigenvalue weighted by molar-refractivity contribution is 0.353. The number of nitrogens with one attached hydrogen (secondary N) is 1. The van der Waals surface area contributed by atoms with Crippen LogP contribution in [0.25, 0.3) is 0 Å². The van der Waals surface area contributed by atoms with E-state index in [0.717, 1.165) is 0 Å². The zero-order valence-electron chi connectivity index (χ0n) is 12.7. The molecule has 0 bridgehead atoms. The molecule has 0 heterocycles. The molecule has 2 rings (SSSR count). The number of benzene rings is 2. The van der Waals surface area contributed by atoms with Crippen molar-refractivity contribution in [1.82, 2.24) is 0 Å². The minimum absolute atomic E-state index is 0.0878. The SMILES string of the molecule is COc1cc(Br)c(S(=O)(=O)Nc2ccc(C)cc2F)cc1OC. The molecule has 0 saturated heterocycles. The average molecular weight is 404 g/mol. The lowest BCUT2D eigenvalue weighted by Crippen LogP contribution is -2.15. The van der Waals surface area contributed by atoms with Gasteiger partial charge in [0.15, 0.2) is 11.5 Å². The van der Waals surface area contributed by atoms with Crippen LogP contribution in [0, 0.1) is 12.7 Å². The van der Waals surface area contributed by atoms with Crippen molar-refractivity contribution in [2.45, 2.75) is 11.8 Å². The van der Waals surface area contributed by atoms with Gasteiger partial charge in [-0.3, -0.25) is 4.72 Å². The Morgan fingerprint density at radius 1 is 1.09 bits per heavy atom. The van der Waals surface area contributed by atoms with E-state index in [0.29, 0.717) is 11.3 Å². The van der Waals surface area contributed by atoms with Crippen LogP contribution in [0.4, 0.5) is 10.1 Å². The molecule has 124 valence electrons. The van der Waals surface area contributed by atoms with Crippen LogP contribution in [0.15, 0.2) is 39.7 Å². The molecule has 0 aromatic heterocycles. The Morgan fingerprint density at radius 3 is 2.26 bits per heavy atom. The second-order valence-corrected chi connectivity index (χ2v) is 7.23. The van der Waals surface area contributed by atoms with Gasteiger partial charge in [-0.1, -0.05) is 6.07 Å². The second kappa shape index (κ2) is 6.76. The van der Waals surface area contributed by atoms with Gasteiger partial charge in [0.25, 0.3) is 10.0 Å². The van der Waals surface area contributed by atoms with E-state index in [1.807, 2.05) is 0 Å². The molecular weight excluding hydrogens is 389 g/mol. The van der Waals surface area contributed by atoms with Crippen molar-refractivity contribution < 1.29 is 22.3 Å². The molecule has 0 amide bonds. The van der Waals surface area contributed by atoms with E-state index in [1.54, 1.807) is 13.0 Å². The highest BCUT2D eigenvalue weighted by Gasteiger charge is 2.22. The number of rotatable bonds is 5. The summed E-state index contributed by atoms with van der Waals surface area (Å²) >= 11 is 3.18. The van der Waals surface area contributed by atoms with Gasteiger partial charge in [0, 0.05) is 10.5 Å². The number of hydrogen-bond donors (Lipinski definition) is 1. The van der Waals surface area contributed by atoms with E-state index in [2.05, 4.69) is 20.7 Å². The van der Waals surface area contributed by atoms with Crippen LogP contribution in [0.5, 0.6) is 11.5 Å². The highest BCUT2D eigenvalue weighted by atomic mass is 79.9. The molecule has 5 nitrogen and oxygen atoms in total. The Labute approximate surface area is 142 Å². The molecule has 0 unspecified atom stereocenters. The summed E-state index contributed by atoms with van der Waals surface area (Å²) in [6.07, 6.45) is 0. The molecule has 0 spiro atoms. The summed E-state index contributed by atoms with van der Waals surface area (Å²) in [5.41, 5.74) is 0.565. The fourth-order valence-corrected chi connectivity index (χ4v) is 4.05. The van der Waals surface area contributed by atoms with Crippen molar-refractivity contribution in [1.29, 1.82) is 0 Å². The Hall–Kier alpha value is -1.80. The molecule has 23 heavy (non-hydrogen) atoms. The topological polar surface area (TPSA) is 64.6 Å². The van der Waals surface area contributed by atoms with Gasteiger partial charge in [-0.15, -0.1) is 0 Å². The third-order valence-electron chi connectivity index (χ3n) is 3.10. The lowest BCUT2D eigenvalue weighted by atomic mass is 10.2. The van der Waals surface area contributed by atoms with Crippen molar-refractivity contribution in [3.8, 4) is 11.5 Å². The number of sulfonamides is 1. The molecule has 0 aliphatic carbocycles. The van der Waals surface area contributed by atoms with Gasteiger partial charge in [-0.2, -0.15) is 0 Å². The zero-order valence-corrected chi connectivity index (χ0v) is 15.1. The summed E-state index contributed by atoms with van der Waals surface area (Å²) in [6.45, 7) is 1.71. The second-order valence-electron chi connectivity index (χ2n) is 4.73. The smallest absolute Gasteiger partial charge is 0.263 e. The van der Waals surface area contributed by atoms with Crippen molar-refractivity contribution in [2.75, 3.05) is 18.9 Å². The normalized spacial score (nSPS) is 11.2. The van der Waals surface area contributed by atoms with E-state index in [9.17, 15) is 12.8 Å². The van der Waals surface area contributed by atoms with Crippen molar-refractivity contribution >= 4 is 31.6 Å². The molecule has 0 atom stereocenters. The molecule has 0 saturated carbocycles. The van der Waals surface area contributed by atoms with Crippen molar-refractivity contribution in [3.63, 3.8) is 0 Å². The summed E-state index contributed by atoms with van der Waals surface area (Å²) in [6, 6.07) is 7.01. The summed E-state index contributed by atoms with van der Waals surface area (Å²) in [5.74, 6) is -0.0227. The fourth-order valence-electron chi connectivity index (χ4n) is 1.94. The van der Waals surface area contributed by atoms with Gasteiger partial charge >= 0.3 is 0 Å². The van der Waals surface area contributed by atoms with E-state index in [1.165, 1.54) is 38.5 Å². The van der Waals surface area contributed by atoms with Crippen LogP contribution in [-0.4, -0.2) is 22.6 Å². The summed E-state index contributed by atoms with van der Waals surface area (Å²) in [5, 5.41) is 0. The Bertz CT molecular complexity index is 840. The molecule has 0 aliphatic rings. The largest absolute Gasteiger partial charge is 0.493 e. The van der Waals surface area contributed by atoms with E-state index < -0.39 is 15.8 Å². The third kappa shape index (κ3) is 3.76. The number of halogens is 2. The first-order chi connectivity index (χ1) is 10.8. The Morgan fingerprint density at radius 2 is 1.70 bits per heavy atom. The number of aryl methyl sites for hydroxylation is 1. The quantitative estimate of drug-likeness (QED) is 0.825. The summed E-state index contributed by atoms with van der Waals surface area (Å²) in [7, 11) is -1.17. The maximum Gasteiger partial charge on any atom is 0.263 e. The van der Waals surface area contributed by atoms with Crippen LogP contribution < -0.4 is 14.2 Å². The van der Waals surface area contributed by atoms with E-state index >= 15 is 0 Å². The standard InChI is InChI=1S/C15H15BrFNO4S/c1-9-4-5-12(11(17)6-9)18-23(19,20)15-8-14(22-3)13(21-2)7-10(15)16/h4-8,18H,1-3H3. The number of methoxy groups -OCH3 is 2. The van der Waals surface area contributed by atoms with Gasteiger partial charge in [0.1, 0.15) is 10.7 Å². The Kier molecular flexibility index (Phi) is 5.16. The number of anilines is 1. The lowest BCUT2D eigenvalue weighted by Gasteiger charge is -2.14. The average Bonchev–Trinajstić information content (AvgIpc) is 2.49. The fraction of sp³-hybridized carbons (Fsp3) is 0.200. The maximum absolute atomic E-state index is 13.9. The van der Waals surface area contributed by atoms with Crippen molar-refractivity contribution in [3.05, 3.63) is 46.2 Å². The van der Waals surface area contributed by atoms with E-state index in [4.69, 9.17) is 9.47 Å². The molecule has 0 aliphatic heterocycles. The molecule has 8 heteroatoms. The van der Waals surface area contributed by atoms with Crippen LogP contribution in [-0.2, 0) is 10.0 Å². The number of hydrogen-bond acceptors (Lipinski definition) is 4. The predicted molar refractivity (Wildman–Crippen MR) is 89.2 cm³/mol. The first kappa shape index (κ1) is 17.6. The molecule has 1 N–H and O–H groups in total. The predicted octanol–water partition coefficient (Wildman–Crippen LogP) is 3.71. The molecule has 0 radical (unpaired) electrons. The summed E-state index contributed by atoms with van der Waals surface area (Å²) in [4.78, 5) is -0.0878. The highest BCUT2D eigenvalue weighted by Crippen LogP contribution is 2.36. The van der Waals surface area contributed by atoms with Gasteiger partial charge in [0.2, 0.25) is 0 Å². The van der Waals surface area contributed by atoms with Gasteiger partial charge < -0.3 is 9.47 Å². The first-order valence-electron chi connectivity index (χ1n) is 6.49. The molecular formula is C15H15BrFNO4S. The first-order valence-corrected chi connectivity index (χ1v) is 8.76.